The molecule has 1 aromatic heterocycles. The van der Waals surface area contributed by atoms with Gasteiger partial charge in [-0.3, -0.25) is 0 Å². The Morgan fingerprint density at radius 1 is 1.29 bits per heavy atom. The first kappa shape index (κ1) is 10.8. The van der Waals surface area contributed by atoms with E-state index in [0.29, 0.717) is 6.61 Å². The van der Waals surface area contributed by atoms with Gasteiger partial charge >= 0.3 is 0 Å². The van der Waals surface area contributed by atoms with Gasteiger partial charge in [-0.15, -0.1) is 0 Å². The first-order chi connectivity index (χ1) is 6.40. The number of ether oxygens (including phenoxy) is 1. The number of halogens is 1. The number of aromatic amines is 1. The molecule has 0 saturated heterocycles. The fraction of sp³-hybridized carbons (Fsp3) is 0.182. The molecule has 1 N–H and O–H groups in total. The standard InChI is InChI=1S/C11H11NO.ClH/c1-2-13-10-5-6-11-9(8-10)4-3-7-12-11;/h3-8H,2H2,1H3;1H. The van der Waals surface area contributed by atoms with Crippen LogP contribution in [0.2, 0.25) is 0 Å². The SMILES string of the molecule is CCOc1ccc2[nH+]cccc2c1.[Cl-]. The van der Waals surface area contributed by atoms with E-state index in [-0.39, 0.29) is 12.4 Å². The van der Waals surface area contributed by atoms with Gasteiger partial charge in [-0.25, -0.2) is 4.98 Å². The molecule has 2 nitrogen and oxygen atoms in total. The predicted octanol–water partition coefficient (Wildman–Crippen LogP) is -0.943. The normalized spacial score (nSPS) is 9.50. The summed E-state index contributed by atoms with van der Waals surface area (Å²) in [7, 11) is 0. The van der Waals surface area contributed by atoms with Crippen LogP contribution in [0.15, 0.2) is 36.5 Å². The van der Waals surface area contributed by atoms with Crippen molar-refractivity contribution in [2.75, 3.05) is 6.61 Å². The van der Waals surface area contributed by atoms with Crippen LogP contribution in [0.4, 0.5) is 0 Å². The van der Waals surface area contributed by atoms with E-state index >= 15 is 0 Å². The molecule has 2 aromatic rings. The van der Waals surface area contributed by atoms with Crippen molar-refractivity contribution in [3.63, 3.8) is 0 Å². The third-order valence-electron chi connectivity index (χ3n) is 1.94. The Morgan fingerprint density at radius 2 is 2.14 bits per heavy atom. The number of nitrogens with one attached hydrogen (secondary N) is 1. The number of hydrogen-bond donors (Lipinski definition) is 0. The minimum atomic E-state index is 0. The highest BCUT2D eigenvalue weighted by atomic mass is 35.5. The lowest BCUT2D eigenvalue weighted by atomic mass is 10.2. The number of fused-ring (bicyclic) bond motifs is 1. The highest BCUT2D eigenvalue weighted by molar-refractivity contribution is 5.76. The quantitative estimate of drug-likeness (QED) is 0.626. The van der Waals surface area contributed by atoms with Gasteiger partial charge in [0.2, 0.25) is 5.52 Å². The van der Waals surface area contributed by atoms with Crippen LogP contribution in [0.3, 0.4) is 0 Å². The number of rotatable bonds is 2. The highest BCUT2D eigenvalue weighted by Gasteiger charge is 1.99. The van der Waals surface area contributed by atoms with Crippen molar-refractivity contribution in [2.24, 2.45) is 0 Å². The molecule has 1 heterocycles. The Balaban J connectivity index is 0.000000980. The second-order valence-corrected chi connectivity index (χ2v) is 2.85. The van der Waals surface area contributed by atoms with Gasteiger partial charge in [0.25, 0.3) is 0 Å². The zero-order valence-corrected chi connectivity index (χ0v) is 8.71. The highest BCUT2D eigenvalue weighted by Crippen LogP contribution is 2.16. The van der Waals surface area contributed by atoms with Crippen LogP contribution < -0.4 is 22.1 Å². The molecule has 0 atom stereocenters. The van der Waals surface area contributed by atoms with Crippen LogP contribution in [0.5, 0.6) is 5.75 Å². The average molecular weight is 210 g/mol. The van der Waals surface area contributed by atoms with Gasteiger partial charge < -0.3 is 17.1 Å². The Morgan fingerprint density at radius 3 is 2.93 bits per heavy atom. The molecule has 0 aliphatic rings. The van der Waals surface area contributed by atoms with Crippen molar-refractivity contribution in [3.8, 4) is 5.75 Å². The van der Waals surface area contributed by atoms with Crippen LogP contribution in [0, 0.1) is 0 Å². The van der Waals surface area contributed by atoms with Crippen molar-refractivity contribution in [1.29, 1.82) is 0 Å². The van der Waals surface area contributed by atoms with Gasteiger partial charge in [-0.2, -0.15) is 0 Å². The molecule has 74 valence electrons. The predicted molar refractivity (Wildman–Crippen MR) is 51.7 cm³/mol. The molecule has 0 bridgehead atoms. The first-order valence-electron chi connectivity index (χ1n) is 4.43. The molecule has 3 heteroatoms. The molecular weight excluding hydrogens is 198 g/mol. The monoisotopic (exact) mass is 209 g/mol. The lowest BCUT2D eigenvalue weighted by molar-refractivity contribution is -0.344. The maximum absolute atomic E-state index is 5.40. The van der Waals surface area contributed by atoms with Gasteiger partial charge in [-0.1, -0.05) is 0 Å². The van der Waals surface area contributed by atoms with E-state index in [2.05, 4.69) is 11.1 Å². The van der Waals surface area contributed by atoms with E-state index in [1.54, 1.807) is 0 Å². The van der Waals surface area contributed by atoms with Gasteiger partial charge in [0.15, 0.2) is 6.20 Å². The Kier molecular flexibility index (Phi) is 3.72. The maximum Gasteiger partial charge on any atom is 0.211 e. The Hall–Kier alpha value is -1.28. The molecule has 0 spiro atoms. The summed E-state index contributed by atoms with van der Waals surface area (Å²) in [5.41, 5.74) is 1.13. The topological polar surface area (TPSA) is 23.4 Å². The van der Waals surface area contributed by atoms with E-state index in [1.165, 1.54) is 5.39 Å². The summed E-state index contributed by atoms with van der Waals surface area (Å²) in [5, 5.41) is 1.17. The number of pyridine rings is 1. The van der Waals surface area contributed by atoms with Crippen LogP contribution in [-0.4, -0.2) is 6.61 Å². The average Bonchev–Trinajstić information content (AvgIpc) is 2.18. The lowest BCUT2D eigenvalue weighted by Gasteiger charge is -2.01. The largest absolute Gasteiger partial charge is 1.00 e. The molecule has 0 aliphatic carbocycles. The number of H-pyrrole nitrogens is 1. The Labute approximate surface area is 89.3 Å². The molecule has 0 amide bonds. The summed E-state index contributed by atoms with van der Waals surface area (Å²) in [6, 6.07) is 10.1. The molecular formula is C11H12ClNO. The summed E-state index contributed by atoms with van der Waals surface area (Å²) in [4.78, 5) is 3.16. The molecule has 14 heavy (non-hydrogen) atoms. The fourth-order valence-corrected chi connectivity index (χ4v) is 1.36. The van der Waals surface area contributed by atoms with Gasteiger partial charge in [0.05, 0.1) is 6.61 Å². The smallest absolute Gasteiger partial charge is 0.211 e. The summed E-state index contributed by atoms with van der Waals surface area (Å²) in [6.45, 7) is 2.70. The summed E-state index contributed by atoms with van der Waals surface area (Å²) in [5.74, 6) is 0.926. The van der Waals surface area contributed by atoms with Crippen molar-refractivity contribution < 1.29 is 22.1 Å². The molecule has 0 radical (unpaired) electrons. The second kappa shape index (κ2) is 4.82. The van der Waals surface area contributed by atoms with Crippen molar-refractivity contribution in [3.05, 3.63) is 36.5 Å². The molecule has 0 saturated carbocycles. The third-order valence-corrected chi connectivity index (χ3v) is 1.94. The van der Waals surface area contributed by atoms with Crippen LogP contribution in [-0.2, 0) is 0 Å². The van der Waals surface area contributed by atoms with Gasteiger partial charge in [-0.05, 0) is 25.1 Å². The summed E-state index contributed by atoms with van der Waals surface area (Å²) in [6.07, 6.45) is 1.92. The number of hydrogen-bond acceptors (Lipinski definition) is 1. The molecule has 0 fully saturated rings. The van der Waals surface area contributed by atoms with Gasteiger partial charge in [0.1, 0.15) is 5.75 Å². The van der Waals surface area contributed by atoms with Crippen LogP contribution in [0.1, 0.15) is 6.92 Å². The third kappa shape index (κ3) is 2.15. The lowest BCUT2D eigenvalue weighted by Crippen LogP contribution is -3.00. The van der Waals surface area contributed by atoms with Gasteiger partial charge in [0, 0.05) is 17.5 Å². The van der Waals surface area contributed by atoms with Crippen LogP contribution >= 0.6 is 0 Å². The van der Waals surface area contributed by atoms with Crippen molar-refractivity contribution in [1.82, 2.24) is 0 Å². The van der Waals surface area contributed by atoms with E-state index in [1.807, 2.05) is 37.4 Å². The number of aromatic nitrogens is 1. The minimum absolute atomic E-state index is 0. The first-order valence-corrected chi connectivity index (χ1v) is 4.43. The van der Waals surface area contributed by atoms with E-state index in [9.17, 15) is 0 Å². The molecule has 0 aliphatic heterocycles. The van der Waals surface area contributed by atoms with Crippen LogP contribution in [0.25, 0.3) is 10.9 Å². The molecule has 1 aromatic carbocycles. The summed E-state index contributed by atoms with van der Waals surface area (Å²) >= 11 is 0. The minimum Gasteiger partial charge on any atom is -1.00 e. The summed E-state index contributed by atoms with van der Waals surface area (Å²) < 4.78 is 5.40. The zero-order valence-electron chi connectivity index (χ0n) is 7.96. The van der Waals surface area contributed by atoms with E-state index in [4.69, 9.17) is 4.74 Å². The number of benzene rings is 1. The zero-order chi connectivity index (χ0) is 9.10. The maximum atomic E-state index is 5.40. The van der Waals surface area contributed by atoms with Crippen molar-refractivity contribution in [2.45, 2.75) is 6.92 Å². The van der Waals surface area contributed by atoms with Crippen molar-refractivity contribution >= 4 is 10.9 Å². The Bertz CT molecular complexity index is 417. The fourth-order valence-electron chi connectivity index (χ4n) is 1.36. The van der Waals surface area contributed by atoms with E-state index < -0.39 is 0 Å². The molecule has 0 unspecified atom stereocenters. The van der Waals surface area contributed by atoms with E-state index in [0.717, 1.165) is 11.3 Å². The second-order valence-electron chi connectivity index (χ2n) is 2.85. The molecule has 2 rings (SSSR count).